The lowest BCUT2D eigenvalue weighted by Gasteiger charge is -2.13. The quantitative estimate of drug-likeness (QED) is 0.319. The summed E-state index contributed by atoms with van der Waals surface area (Å²) in [7, 11) is 0. The van der Waals surface area contributed by atoms with Crippen molar-refractivity contribution >= 4 is 24.1 Å². The molecule has 1 aromatic carbocycles. The zero-order valence-corrected chi connectivity index (χ0v) is 16.1. The third kappa shape index (κ3) is 4.19. The normalized spacial score (nSPS) is 15.3. The van der Waals surface area contributed by atoms with E-state index in [9.17, 15) is 27.2 Å². The van der Waals surface area contributed by atoms with Crippen molar-refractivity contribution in [1.29, 1.82) is 0 Å². The van der Waals surface area contributed by atoms with Gasteiger partial charge in [0.1, 0.15) is 6.54 Å². The molecule has 3 rings (SSSR count). The number of nitrogens with zero attached hydrogens (tertiary/aromatic N) is 1. The Kier molecular flexibility index (Phi) is 6.06. The van der Waals surface area contributed by atoms with Crippen LogP contribution in [0.25, 0.3) is 0 Å². The molecule has 29 heavy (non-hydrogen) atoms. The maximum Gasteiger partial charge on any atom is 0.325 e. The van der Waals surface area contributed by atoms with Crippen molar-refractivity contribution in [3.8, 4) is 0 Å². The van der Waals surface area contributed by atoms with E-state index in [-0.39, 0.29) is 43.4 Å². The molecule has 6 nitrogen and oxygen atoms in total. The van der Waals surface area contributed by atoms with Crippen molar-refractivity contribution in [3.63, 3.8) is 0 Å². The molecule has 1 atom stereocenters. The molecule has 2 aromatic rings. The molecule has 0 unspecified atom stereocenters. The van der Waals surface area contributed by atoms with Crippen LogP contribution in [0.5, 0.6) is 0 Å². The number of H-pyrrole nitrogens is 1. The molecule has 1 aliphatic heterocycles. The van der Waals surface area contributed by atoms with Crippen LogP contribution in [0.15, 0.2) is 6.07 Å². The number of imidazole rings is 1. The monoisotopic (exact) mass is 431 g/mol. The van der Waals surface area contributed by atoms with Crippen molar-refractivity contribution < 1.29 is 31.9 Å². The van der Waals surface area contributed by atoms with Crippen molar-refractivity contribution in [1.82, 2.24) is 14.9 Å². The number of halogens is 4. The molecule has 0 saturated carbocycles. The summed E-state index contributed by atoms with van der Waals surface area (Å²) in [4.78, 5) is 26.2. The highest BCUT2D eigenvalue weighted by Crippen LogP contribution is 2.36. The minimum atomic E-state index is -1.47. The third-order valence-electron chi connectivity index (χ3n) is 4.65. The Labute approximate surface area is 167 Å². The van der Waals surface area contributed by atoms with Gasteiger partial charge in [0.15, 0.2) is 28.0 Å². The smallest absolute Gasteiger partial charge is 0.325 e. The van der Waals surface area contributed by atoms with Crippen molar-refractivity contribution in [2.75, 3.05) is 13.2 Å². The second-order valence-electron chi connectivity index (χ2n) is 6.51. The van der Waals surface area contributed by atoms with Gasteiger partial charge in [-0.1, -0.05) is 0 Å². The molecule has 156 valence electrons. The first-order chi connectivity index (χ1) is 13.7. The molecule has 2 N–H and O–H groups in total. The van der Waals surface area contributed by atoms with Crippen molar-refractivity contribution in [2.45, 2.75) is 32.2 Å². The van der Waals surface area contributed by atoms with Crippen LogP contribution in [0, 0.1) is 28.0 Å². The SMILES string of the molecule is CCOC(=O)CNC(=O)Cc1[nH]c(=S)n2c1C[C@H](c1c(F)c(F)cc(F)c1F)C2. The van der Waals surface area contributed by atoms with Gasteiger partial charge in [0.25, 0.3) is 0 Å². The van der Waals surface area contributed by atoms with Crippen LogP contribution in [-0.4, -0.2) is 34.6 Å². The maximum absolute atomic E-state index is 14.1. The predicted octanol–water partition coefficient (Wildman–Crippen LogP) is 2.66. The molecule has 0 radical (unpaired) electrons. The minimum Gasteiger partial charge on any atom is -0.465 e. The highest BCUT2D eigenvalue weighted by molar-refractivity contribution is 7.71. The summed E-state index contributed by atoms with van der Waals surface area (Å²) in [6, 6.07) is 0.162. The molecule has 1 aromatic heterocycles. The van der Waals surface area contributed by atoms with E-state index < -0.39 is 46.6 Å². The Morgan fingerprint density at radius 3 is 2.55 bits per heavy atom. The summed E-state index contributed by atoms with van der Waals surface area (Å²) in [6.07, 6.45) is -0.134. The van der Waals surface area contributed by atoms with Gasteiger partial charge in [-0.05, 0) is 25.6 Å². The number of nitrogens with one attached hydrogen (secondary N) is 2. The number of hydrogen-bond donors (Lipinski definition) is 2. The van der Waals surface area contributed by atoms with Gasteiger partial charge in [-0.3, -0.25) is 9.59 Å². The fourth-order valence-corrected chi connectivity index (χ4v) is 3.70. The van der Waals surface area contributed by atoms with E-state index in [0.717, 1.165) is 0 Å². The Morgan fingerprint density at radius 2 is 1.93 bits per heavy atom. The number of esters is 1. The summed E-state index contributed by atoms with van der Waals surface area (Å²) >= 11 is 5.18. The second kappa shape index (κ2) is 8.36. The number of amides is 1. The van der Waals surface area contributed by atoms with E-state index in [1.165, 1.54) is 4.57 Å². The Balaban J connectivity index is 1.78. The topological polar surface area (TPSA) is 76.1 Å². The van der Waals surface area contributed by atoms with Gasteiger partial charge in [0.2, 0.25) is 5.91 Å². The number of hydrogen-bond acceptors (Lipinski definition) is 4. The lowest BCUT2D eigenvalue weighted by molar-refractivity contribution is -0.143. The number of carbonyl (C=O) groups excluding carboxylic acids is 2. The van der Waals surface area contributed by atoms with Gasteiger partial charge in [-0.25, -0.2) is 17.6 Å². The van der Waals surface area contributed by atoms with E-state index in [2.05, 4.69) is 10.3 Å². The Hall–Kier alpha value is -2.69. The van der Waals surface area contributed by atoms with Crippen molar-refractivity contribution in [2.24, 2.45) is 0 Å². The number of ether oxygens (including phenoxy) is 1. The molecular formula is C18H17F4N3O3S. The molecule has 0 bridgehead atoms. The average molecular weight is 431 g/mol. The number of aromatic nitrogens is 2. The van der Waals surface area contributed by atoms with Gasteiger partial charge in [-0.2, -0.15) is 0 Å². The third-order valence-corrected chi connectivity index (χ3v) is 4.97. The summed E-state index contributed by atoms with van der Waals surface area (Å²) in [6.45, 7) is 1.53. The highest BCUT2D eigenvalue weighted by atomic mass is 32.1. The van der Waals surface area contributed by atoms with E-state index in [1.54, 1.807) is 6.92 Å². The molecule has 1 amide bonds. The molecule has 0 spiro atoms. The van der Waals surface area contributed by atoms with Crippen LogP contribution in [0.2, 0.25) is 0 Å². The fraction of sp³-hybridized carbons (Fsp3) is 0.389. The van der Waals surface area contributed by atoms with E-state index in [1.807, 2.05) is 0 Å². The van der Waals surface area contributed by atoms with Gasteiger partial charge < -0.3 is 19.6 Å². The molecule has 0 fully saturated rings. The number of benzene rings is 1. The Bertz CT molecular complexity index is 1010. The minimum absolute atomic E-state index is 0.00580. The fourth-order valence-electron chi connectivity index (χ4n) is 3.39. The van der Waals surface area contributed by atoms with Crippen molar-refractivity contribution in [3.05, 3.63) is 51.1 Å². The summed E-state index contributed by atoms with van der Waals surface area (Å²) in [5.41, 5.74) is 0.226. The molecule has 1 aliphatic rings. The average Bonchev–Trinajstić information content (AvgIpc) is 3.20. The number of rotatable bonds is 6. The van der Waals surface area contributed by atoms with Crippen LogP contribution in [-0.2, 0) is 33.7 Å². The predicted molar refractivity (Wildman–Crippen MR) is 95.7 cm³/mol. The first kappa shape index (κ1) is 21.0. The maximum atomic E-state index is 14.1. The molecular weight excluding hydrogens is 414 g/mol. The largest absolute Gasteiger partial charge is 0.465 e. The molecule has 11 heteroatoms. The van der Waals surface area contributed by atoms with Gasteiger partial charge in [0.05, 0.1) is 13.0 Å². The van der Waals surface area contributed by atoms with Gasteiger partial charge in [-0.15, -0.1) is 0 Å². The summed E-state index contributed by atoms with van der Waals surface area (Å²) in [5, 5.41) is 2.40. The second-order valence-corrected chi connectivity index (χ2v) is 6.89. The first-order valence-corrected chi connectivity index (χ1v) is 9.19. The zero-order valence-electron chi connectivity index (χ0n) is 15.3. The van der Waals surface area contributed by atoms with Crippen LogP contribution < -0.4 is 5.32 Å². The zero-order chi connectivity index (χ0) is 21.3. The summed E-state index contributed by atoms with van der Waals surface area (Å²) < 4.78 is 61.9. The lowest BCUT2D eigenvalue weighted by atomic mass is 9.94. The Morgan fingerprint density at radius 1 is 1.28 bits per heavy atom. The number of carbonyl (C=O) groups is 2. The van der Waals surface area contributed by atoms with E-state index in [0.29, 0.717) is 11.4 Å². The lowest BCUT2D eigenvalue weighted by Crippen LogP contribution is -2.32. The molecule has 0 saturated heterocycles. The first-order valence-electron chi connectivity index (χ1n) is 8.78. The molecule has 0 aliphatic carbocycles. The van der Waals surface area contributed by atoms with Crippen LogP contribution in [0.1, 0.15) is 29.8 Å². The standard InChI is InChI=1S/C18H17F4N3O3S/c1-2-28-14(27)6-23-13(26)5-11-12-3-8(7-25(12)18(29)24-11)15-16(21)9(19)4-10(20)17(15)22/h4,8H,2-3,5-7H2,1H3,(H,23,26)(H,24,29)/t8-/m0/s1. The van der Waals surface area contributed by atoms with Crippen LogP contribution in [0.3, 0.4) is 0 Å². The molecule has 2 heterocycles. The van der Waals surface area contributed by atoms with E-state index in [4.69, 9.17) is 17.0 Å². The van der Waals surface area contributed by atoms with Gasteiger partial charge >= 0.3 is 5.97 Å². The number of fused-ring (bicyclic) bond motifs is 1. The number of aromatic amines is 1. The highest BCUT2D eigenvalue weighted by Gasteiger charge is 2.33. The van der Waals surface area contributed by atoms with E-state index >= 15 is 0 Å². The van der Waals surface area contributed by atoms with Crippen LogP contribution >= 0.6 is 12.2 Å². The van der Waals surface area contributed by atoms with Gasteiger partial charge in [0, 0.05) is 35.5 Å². The van der Waals surface area contributed by atoms with Crippen LogP contribution in [0.4, 0.5) is 17.6 Å². The summed E-state index contributed by atoms with van der Waals surface area (Å²) in [5.74, 6) is -7.79.